The van der Waals surface area contributed by atoms with E-state index < -0.39 is 0 Å². The Morgan fingerprint density at radius 1 is 1.25 bits per heavy atom. The Hall–Kier alpha value is -2.04. The van der Waals surface area contributed by atoms with Gasteiger partial charge in [-0.3, -0.25) is 9.59 Å². The number of likely N-dealkylation sites (tertiary alicyclic amines) is 1. The Morgan fingerprint density at radius 3 is 2.55 bits per heavy atom. The molecular formula is C15H19NO4. The molecule has 1 aliphatic rings. The predicted octanol–water partition coefficient (Wildman–Crippen LogP) is 1.90. The van der Waals surface area contributed by atoms with Gasteiger partial charge >= 0.3 is 0 Å². The number of benzene rings is 1. The lowest BCUT2D eigenvalue weighted by molar-refractivity contribution is -0.132. The molecule has 1 fully saturated rings. The Labute approximate surface area is 118 Å². The minimum absolute atomic E-state index is 0.0418. The topological polar surface area (TPSA) is 55.8 Å². The first-order chi connectivity index (χ1) is 9.61. The summed E-state index contributed by atoms with van der Waals surface area (Å²) >= 11 is 0. The van der Waals surface area contributed by atoms with Crippen molar-refractivity contribution < 1.29 is 19.1 Å². The van der Waals surface area contributed by atoms with E-state index in [1.807, 2.05) is 0 Å². The molecule has 0 atom stereocenters. The van der Waals surface area contributed by atoms with Gasteiger partial charge < -0.3 is 14.4 Å². The van der Waals surface area contributed by atoms with Gasteiger partial charge in [0.25, 0.3) is 5.91 Å². The van der Waals surface area contributed by atoms with Crippen molar-refractivity contribution in [2.24, 2.45) is 0 Å². The van der Waals surface area contributed by atoms with E-state index in [1.54, 1.807) is 30.2 Å². The predicted molar refractivity (Wildman–Crippen MR) is 74.3 cm³/mol. The maximum absolute atomic E-state index is 11.9. The van der Waals surface area contributed by atoms with Crippen LogP contribution in [-0.4, -0.2) is 43.4 Å². The van der Waals surface area contributed by atoms with E-state index in [0.717, 1.165) is 25.9 Å². The molecule has 5 heteroatoms. The molecule has 0 saturated carbocycles. The monoisotopic (exact) mass is 277 g/mol. The van der Waals surface area contributed by atoms with Gasteiger partial charge in [-0.05, 0) is 31.9 Å². The SMILES string of the molecule is COc1ccc(C(C)=O)c(OCC(=O)N2CCCC2)c1. The van der Waals surface area contributed by atoms with Crippen LogP contribution in [0.2, 0.25) is 0 Å². The summed E-state index contributed by atoms with van der Waals surface area (Å²) in [4.78, 5) is 25.3. The second-order valence-corrected chi connectivity index (χ2v) is 4.79. The zero-order valence-corrected chi connectivity index (χ0v) is 11.8. The molecule has 1 aliphatic heterocycles. The van der Waals surface area contributed by atoms with E-state index >= 15 is 0 Å². The van der Waals surface area contributed by atoms with Crippen molar-refractivity contribution in [1.82, 2.24) is 4.90 Å². The zero-order chi connectivity index (χ0) is 14.5. The summed E-state index contributed by atoms with van der Waals surface area (Å²) in [6.07, 6.45) is 2.09. The first kappa shape index (κ1) is 14.4. The van der Waals surface area contributed by atoms with E-state index in [0.29, 0.717) is 17.1 Å². The highest BCUT2D eigenvalue weighted by Crippen LogP contribution is 2.25. The molecule has 0 unspecified atom stereocenters. The van der Waals surface area contributed by atoms with Gasteiger partial charge in [0.2, 0.25) is 0 Å². The van der Waals surface area contributed by atoms with E-state index in [2.05, 4.69) is 0 Å². The van der Waals surface area contributed by atoms with Gasteiger partial charge in [0, 0.05) is 19.2 Å². The molecule has 108 valence electrons. The maximum Gasteiger partial charge on any atom is 0.260 e. The fourth-order valence-corrected chi connectivity index (χ4v) is 2.24. The molecule has 0 bridgehead atoms. The van der Waals surface area contributed by atoms with Crippen LogP contribution in [0.25, 0.3) is 0 Å². The molecule has 2 rings (SSSR count). The van der Waals surface area contributed by atoms with Crippen LogP contribution >= 0.6 is 0 Å². The van der Waals surface area contributed by atoms with Gasteiger partial charge in [-0.1, -0.05) is 0 Å². The fourth-order valence-electron chi connectivity index (χ4n) is 2.24. The number of nitrogens with zero attached hydrogens (tertiary/aromatic N) is 1. The van der Waals surface area contributed by atoms with Crippen LogP contribution in [0, 0.1) is 0 Å². The molecule has 1 aromatic carbocycles. The zero-order valence-electron chi connectivity index (χ0n) is 11.8. The molecule has 0 aliphatic carbocycles. The molecule has 0 N–H and O–H groups in total. The number of carbonyl (C=O) groups is 2. The largest absolute Gasteiger partial charge is 0.497 e. The Bertz CT molecular complexity index is 507. The van der Waals surface area contributed by atoms with Crippen LogP contribution in [-0.2, 0) is 4.79 Å². The number of rotatable bonds is 5. The van der Waals surface area contributed by atoms with Crippen LogP contribution in [0.15, 0.2) is 18.2 Å². The van der Waals surface area contributed by atoms with Gasteiger partial charge in [-0.25, -0.2) is 0 Å². The van der Waals surface area contributed by atoms with Crippen LogP contribution in [0.1, 0.15) is 30.1 Å². The van der Waals surface area contributed by atoms with Crippen molar-refractivity contribution in [3.05, 3.63) is 23.8 Å². The third-order valence-corrected chi connectivity index (χ3v) is 3.38. The molecular weight excluding hydrogens is 258 g/mol. The molecule has 5 nitrogen and oxygen atoms in total. The van der Waals surface area contributed by atoms with E-state index in [9.17, 15) is 9.59 Å². The number of ketones is 1. The van der Waals surface area contributed by atoms with Crippen LogP contribution in [0.5, 0.6) is 11.5 Å². The highest BCUT2D eigenvalue weighted by molar-refractivity contribution is 5.97. The molecule has 1 heterocycles. The summed E-state index contributed by atoms with van der Waals surface area (Å²) in [5, 5.41) is 0. The standard InChI is InChI=1S/C15H19NO4/c1-11(17)13-6-5-12(19-2)9-14(13)20-10-15(18)16-7-3-4-8-16/h5-6,9H,3-4,7-8,10H2,1-2H3. The second-order valence-electron chi connectivity index (χ2n) is 4.79. The lowest BCUT2D eigenvalue weighted by Crippen LogP contribution is -2.32. The summed E-state index contributed by atoms with van der Waals surface area (Å²) in [5.41, 5.74) is 0.458. The normalized spacial score (nSPS) is 14.2. The van der Waals surface area contributed by atoms with Crippen LogP contribution in [0.4, 0.5) is 0 Å². The average molecular weight is 277 g/mol. The number of amides is 1. The second kappa shape index (κ2) is 6.41. The number of Topliss-reactive ketones (excluding diaryl/α,β-unsaturated/α-hetero) is 1. The third-order valence-electron chi connectivity index (χ3n) is 3.38. The molecule has 0 aromatic heterocycles. The van der Waals surface area contributed by atoms with Crippen molar-refractivity contribution in [1.29, 1.82) is 0 Å². The molecule has 20 heavy (non-hydrogen) atoms. The summed E-state index contributed by atoms with van der Waals surface area (Å²) in [6.45, 7) is 3.00. The van der Waals surface area contributed by atoms with Crippen molar-refractivity contribution >= 4 is 11.7 Å². The van der Waals surface area contributed by atoms with Gasteiger partial charge in [-0.2, -0.15) is 0 Å². The Morgan fingerprint density at radius 2 is 1.95 bits per heavy atom. The first-order valence-electron chi connectivity index (χ1n) is 6.71. The summed E-state index contributed by atoms with van der Waals surface area (Å²) in [7, 11) is 1.54. The van der Waals surface area contributed by atoms with Gasteiger partial charge in [0.05, 0.1) is 12.7 Å². The third kappa shape index (κ3) is 3.29. The Kier molecular flexibility index (Phi) is 4.61. The lowest BCUT2D eigenvalue weighted by atomic mass is 10.1. The first-order valence-corrected chi connectivity index (χ1v) is 6.71. The van der Waals surface area contributed by atoms with Crippen molar-refractivity contribution in [2.45, 2.75) is 19.8 Å². The molecule has 1 aromatic rings. The van der Waals surface area contributed by atoms with Crippen molar-refractivity contribution in [3.8, 4) is 11.5 Å². The number of hydrogen-bond acceptors (Lipinski definition) is 4. The van der Waals surface area contributed by atoms with Gasteiger partial charge in [0.1, 0.15) is 11.5 Å². The van der Waals surface area contributed by atoms with Crippen LogP contribution < -0.4 is 9.47 Å². The average Bonchev–Trinajstić information content (AvgIpc) is 2.98. The smallest absolute Gasteiger partial charge is 0.260 e. The number of hydrogen-bond donors (Lipinski definition) is 0. The molecule has 1 amide bonds. The Balaban J connectivity index is 2.06. The highest BCUT2D eigenvalue weighted by atomic mass is 16.5. The van der Waals surface area contributed by atoms with Gasteiger partial charge in [-0.15, -0.1) is 0 Å². The molecule has 1 saturated heterocycles. The summed E-state index contributed by atoms with van der Waals surface area (Å²) in [6, 6.07) is 4.98. The van der Waals surface area contributed by atoms with Crippen LogP contribution in [0.3, 0.4) is 0 Å². The lowest BCUT2D eigenvalue weighted by Gasteiger charge is -2.16. The molecule has 0 radical (unpaired) electrons. The van der Waals surface area contributed by atoms with Gasteiger partial charge in [0.15, 0.2) is 12.4 Å². The van der Waals surface area contributed by atoms with E-state index in [-0.39, 0.29) is 18.3 Å². The fraction of sp³-hybridized carbons (Fsp3) is 0.467. The number of ether oxygens (including phenoxy) is 2. The highest BCUT2D eigenvalue weighted by Gasteiger charge is 2.19. The molecule has 0 spiro atoms. The minimum atomic E-state index is -0.101. The summed E-state index contributed by atoms with van der Waals surface area (Å²) in [5.74, 6) is 0.846. The number of methoxy groups -OCH3 is 1. The number of carbonyl (C=O) groups excluding carboxylic acids is 2. The van der Waals surface area contributed by atoms with Crippen molar-refractivity contribution in [2.75, 3.05) is 26.8 Å². The quantitative estimate of drug-likeness (QED) is 0.771. The van der Waals surface area contributed by atoms with E-state index in [1.165, 1.54) is 6.92 Å². The summed E-state index contributed by atoms with van der Waals surface area (Å²) < 4.78 is 10.6. The maximum atomic E-state index is 11.9. The minimum Gasteiger partial charge on any atom is -0.497 e. The van der Waals surface area contributed by atoms with Crippen molar-refractivity contribution in [3.63, 3.8) is 0 Å². The van der Waals surface area contributed by atoms with E-state index in [4.69, 9.17) is 9.47 Å².